The number of aliphatic carboxylic acids is 1. The summed E-state index contributed by atoms with van der Waals surface area (Å²) in [7, 11) is 0. The zero-order valence-electron chi connectivity index (χ0n) is 32.8. The van der Waals surface area contributed by atoms with Gasteiger partial charge in [0.2, 0.25) is 12.2 Å². The second kappa shape index (κ2) is 15.8. The molecule has 0 unspecified atom stereocenters. The maximum atomic E-state index is 15.4. The molecule has 4 aromatic rings. The molecule has 2 aromatic heterocycles. The number of nitrogens with zero attached hydrogens (tertiary/aromatic N) is 2. The van der Waals surface area contributed by atoms with Gasteiger partial charge in [0.25, 0.3) is 5.56 Å². The van der Waals surface area contributed by atoms with Gasteiger partial charge >= 0.3 is 18.0 Å². The number of alkyl carbamates (subject to hydrolysis) is 1. The lowest BCUT2D eigenvalue weighted by molar-refractivity contribution is -0.271. The van der Waals surface area contributed by atoms with E-state index in [9.17, 15) is 49.5 Å². The highest BCUT2D eigenvalue weighted by molar-refractivity contribution is 5.94. The number of pyridine rings is 2. The Morgan fingerprint density at radius 3 is 2.57 bits per heavy atom. The Morgan fingerprint density at radius 1 is 1.08 bits per heavy atom. The van der Waals surface area contributed by atoms with E-state index >= 15 is 4.39 Å². The van der Waals surface area contributed by atoms with E-state index in [1.807, 2.05) is 0 Å². The lowest BCUT2D eigenvalue weighted by Gasteiger charge is -2.38. The predicted molar refractivity (Wildman–Crippen MR) is 207 cm³/mol. The zero-order chi connectivity index (χ0) is 43.7. The summed E-state index contributed by atoms with van der Waals surface area (Å²) in [5.41, 5.74) is 6.85. The second-order valence-electron chi connectivity index (χ2n) is 15.4. The van der Waals surface area contributed by atoms with Crippen molar-refractivity contribution in [2.75, 3.05) is 11.9 Å². The van der Waals surface area contributed by atoms with Crippen molar-refractivity contribution < 1.29 is 68.0 Å². The lowest BCUT2D eigenvalue weighted by atomic mass is 9.81. The first-order chi connectivity index (χ1) is 29.1. The van der Waals surface area contributed by atoms with Gasteiger partial charge in [0, 0.05) is 35.5 Å². The van der Waals surface area contributed by atoms with E-state index in [4.69, 9.17) is 29.7 Å². The summed E-state index contributed by atoms with van der Waals surface area (Å²) in [6.45, 7) is 2.61. The SMILES string of the molecule is CC[C@@]1(O)C(=O)OCc2c1cc1n(c2=O)Cc2c-1nc1cc(F)c(C)c3c1c2[C@@H](NC(=O)OCc1ccc(O[C@@H]2O[C@H](C(=O)O)[C@@H](O)[C@H](O)[C@H]2O)c(NC(=O)CCN)c1)CC3. The molecule has 0 spiro atoms. The summed E-state index contributed by atoms with van der Waals surface area (Å²) >= 11 is 0. The maximum Gasteiger partial charge on any atom is 0.407 e. The minimum Gasteiger partial charge on any atom is -0.479 e. The van der Waals surface area contributed by atoms with Crippen molar-refractivity contribution in [3.05, 3.63) is 85.4 Å². The van der Waals surface area contributed by atoms with Crippen molar-refractivity contribution in [1.29, 1.82) is 0 Å². The zero-order valence-corrected chi connectivity index (χ0v) is 32.8. The molecular formula is C41H42FN5O14. The number of esters is 1. The van der Waals surface area contributed by atoms with E-state index in [2.05, 4.69) is 10.6 Å². The van der Waals surface area contributed by atoms with Crippen molar-refractivity contribution in [2.45, 2.75) is 102 Å². The van der Waals surface area contributed by atoms with E-state index < -0.39 is 77.7 Å². The first-order valence-electron chi connectivity index (χ1n) is 19.5. The molecule has 0 radical (unpaired) electrons. The molecule has 2 aromatic carbocycles. The number of aliphatic hydroxyl groups excluding tert-OH is 3. The van der Waals surface area contributed by atoms with Crippen LogP contribution in [-0.4, -0.2) is 96.3 Å². The van der Waals surface area contributed by atoms with E-state index in [1.165, 1.54) is 28.8 Å². The number of carboxylic acids is 1. The molecule has 5 heterocycles. The van der Waals surface area contributed by atoms with E-state index in [-0.39, 0.29) is 67.2 Å². The number of benzene rings is 2. The van der Waals surface area contributed by atoms with Crippen LogP contribution in [-0.2, 0) is 60.4 Å². The summed E-state index contributed by atoms with van der Waals surface area (Å²) in [6.07, 6.45) is -9.82. The Labute approximate surface area is 344 Å². The number of rotatable bonds is 10. The lowest BCUT2D eigenvalue weighted by Crippen LogP contribution is -2.61. The quantitative estimate of drug-likeness (QED) is 0.0910. The number of nitrogens with two attached hydrogens (primary N) is 1. The molecule has 1 saturated heterocycles. The minimum atomic E-state index is -2.06. The number of anilines is 1. The van der Waals surface area contributed by atoms with Gasteiger partial charge in [-0.15, -0.1) is 0 Å². The second-order valence-corrected chi connectivity index (χ2v) is 15.4. The largest absolute Gasteiger partial charge is 0.479 e. The Morgan fingerprint density at radius 2 is 1.85 bits per heavy atom. The number of aromatic nitrogens is 2. The van der Waals surface area contributed by atoms with Crippen LogP contribution in [0.4, 0.5) is 14.9 Å². The molecule has 3 aliphatic heterocycles. The number of hydrogen-bond donors (Lipinski definition) is 8. The fraction of sp³-hybridized carbons (Fsp3) is 0.415. The normalized spacial score (nSPS) is 24.9. The van der Waals surface area contributed by atoms with Gasteiger partial charge in [0.1, 0.15) is 43.1 Å². The van der Waals surface area contributed by atoms with Crippen LogP contribution in [0.15, 0.2) is 35.1 Å². The Bertz CT molecular complexity index is 2580. The van der Waals surface area contributed by atoms with Gasteiger partial charge < -0.3 is 65.4 Å². The summed E-state index contributed by atoms with van der Waals surface area (Å²) in [5.74, 6) is -3.64. The fourth-order valence-electron chi connectivity index (χ4n) is 8.52. The number of halogens is 1. The third-order valence-electron chi connectivity index (χ3n) is 11.8. The summed E-state index contributed by atoms with van der Waals surface area (Å²) in [6, 6.07) is 6.33. The van der Waals surface area contributed by atoms with Crippen LogP contribution < -0.4 is 26.7 Å². The number of amides is 2. The Hall–Kier alpha value is -6.03. The fourth-order valence-corrected chi connectivity index (χ4v) is 8.52. The standard InChI is InChI=1S/C41H42FN5O14/c1-3-41(57)21-11-26-31-19(13-47(26)36(52)20(21)15-58-39(41)55)30-23(6-5-18-16(2)22(42)12-25(45-31)29(18)30)46-40(56)59-14-17-4-7-27(24(10-17)44-28(48)8-9-43)60-38-34(51)32(49)33(50)35(61-38)37(53)54/h4,7,10-12,23,32-35,38,49-51,57H,3,5-6,8-9,13-15,43H2,1-2H3,(H,44,48)(H,46,56)(H,53,54)/t23-,32-,33-,34+,35-,38+,41-/m0/s1. The van der Waals surface area contributed by atoms with Crippen LogP contribution in [0.5, 0.6) is 5.75 Å². The van der Waals surface area contributed by atoms with Crippen molar-refractivity contribution in [3.63, 3.8) is 0 Å². The first-order valence-corrected chi connectivity index (χ1v) is 19.5. The Kier molecular flexibility index (Phi) is 10.8. The summed E-state index contributed by atoms with van der Waals surface area (Å²) in [4.78, 5) is 69.3. The van der Waals surface area contributed by atoms with Gasteiger partial charge in [0.15, 0.2) is 11.7 Å². The third kappa shape index (κ3) is 7.03. The van der Waals surface area contributed by atoms with Crippen LogP contribution in [0.1, 0.15) is 71.2 Å². The maximum absolute atomic E-state index is 15.4. The first kappa shape index (κ1) is 41.7. The molecule has 0 saturated carbocycles. The van der Waals surface area contributed by atoms with Gasteiger partial charge in [-0.1, -0.05) is 13.0 Å². The number of carbonyl (C=O) groups is 4. The smallest absolute Gasteiger partial charge is 0.407 e. The number of carboxylic acid groups (broad SMARTS) is 1. The number of ether oxygens (including phenoxy) is 4. The van der Waals surface area contributed by atoms with Crippen molar-refractivity contribution >= 4 is 40.5 Å². The minimum absolute atomic E-state index is 0.00392. The van der Waals surface area contributed by atoms with Crippen LogP contribution in [0.3, 0.4) is 0 Å². The van der Waals surface area contributed by atoms with Gasteiger partial charge in [-0.3, -0.25) is 9.59 Å². The molecule has 9 N–H and O–H groups in total. The molecule has 2 amide bonds. The van der Waals surface area contributed by atoms with Crippen LogP contribution in [0.2, 0.25) is 0 Å². The highest BCUT2D eigenvalue weighted by Crippen LogP contribution is 2.46. The van der Waals surface area contributed by atoms with Gasteiger partial charge in [0.05, 0.1) is 40.7 Å². The highest BCUT2D eigenvalue weighted by atomic mass is 19.1. The molecule has 8 rings (SSSR count). The molecule has 4 aliphatic rings. The molecule has 1 fully saturated rings. The van der Waals surface area contributed by atoms with Gasteiger partial charge in [-0.2, -0.15) is 0 Å². The average molecular weight is 848 g/mol. The molecule has 0 bridgehead atoms. The number of aliphatic hydroxyl groups is 4. The monoisotopic (exact) mass is 847 g/mol. The van der Waals surface area contributed by atoms with Crippen molar-refractivity contribution in [1.82, 2.24) is 14.9 Å². The number of carbonyl (C=O) groups excluding carboxylic acids is 3. The van der Waals surface area contributed by atoms with Crippen molar-refractivity contribution in [3.8, 4) is 17.1 Å². The summed E-state index contributed by atoms with van der Waals surface area (Å²) in [5, 5.41) is 57.7. The Balaban J connectivity index is 1.08. The number of nitrogens with one attached hydrogen (secondary N) is 2. The molecule has 20 heteroatoms. The molecule has 61 heavy (non-hydrogen) atoms. The molecule has 7 atom stereocenters. The number of fused-ring (bicyclic) bond motifs is 5. The average Bonchev–Trinajstić information content (AvgIpc) is 3.60. The molecular weight excluding hydrogens is 805 g/mol. The number of aryl methyl sites for hydroxylation is 1. The topological polar surface area (TPSA) is 291 Å². The predicted octanol–water partition coefficient (Wildman–Crippen LogP) is 0.999. The number of hydrogen-bond acceptors (Lipinski definition) is 15. The molecule has 1 aliphatic carbocycles. The van der Waals surface area contributed by atoms with E-state index in [1.54, 1.807) is 19.9 Å². The van der Waals surface area contributed by atoms with Crippen LogP contribution in [0.25, 0.3) is 22.3 Å². The molecule has 322 valence electrons. The van der Waals surface area contributed by atoms with Gasteiger partial charge in [-0.25, -0.2) is 23.8 Å². The van der Waals surface area contributed by atoms with Gasteiger partial charge in [-0.05, 0) is 66.6 Å². The van der Waals surface area contributed by atoms with Crippen molar-refractivity contribution in [2.24, 2.45) is 5.73 Å². The molecule has 19 nitrogen and oxygen atoms in total. The summed E-state index contributed by atoms with van der Waals surface area (Å²) < 4.78 is 38.6. The highest BCUT2D eigenvalue weighted by Gasteiger charge is 2.49. The van der Waals surface area contributed by atoms with Crippen LogP contribution >= 0.6 is 0 Å². The third-order valence-corrected chi connectivity index (χ3v) is 11.8. The van der Waals surface area contributed by atoms with E-state index in [0.717, 1.165) is 0 Å². The number of cyclic esters (lactones) is 1. The van der Waals surface area contributed by atoms with Crippen LogP contribution in [0, 0.1) is 12.7 Å². The van der Waals surface area contributed by atoms with E-state index in [0.29, 0.717) is 57.4 Å².